The second-order valence-electron chi connectivity index (χ2n) is 3.91. The lowest BCUT2D eigenvalue weighted by Gasteiger charge is -2.08. The first-order chi connectivity index (χ1) is 4.41. The summed E-state index contributed by atoms with van der Waals surface area (Å²) in [6.07, 6.45) is 12.3. The average Bonchev–Trinajstić information content (AvgIpc) is 2.64. The summed E-state index contributed by atoms with van der Waals surface area (Å²) >= 11 is 0. The zero-order valence-corrected chi connectivity index (χ0v) is 6.16. The Morgan fingerprint density at radius 1 is 0.556 bits per heavy atom. The van der Waals surface area contributed by atoms with E-state index in [1.54, 1.807) is 25.7 Å². The topological polar surface area (TPSA) is 0 Å². The molecular weight excluding hydrogens is 108 g/mol. The highest BCUT2D eigenvalue weighted by Gasteiger charge is 2.41. The van der Waals surface area contributed by atoms with Gasteiger partial charge in [0.25, 0.3) is 0 Å². The highest BCUT2D eigenvalue weighted by atomic mass is 14.5. The van der Waals surface area contributed by atoms with Crippen molar-refractivity contribution in [2.45, 2.75) is 51.4 Å². The van der Waals surface area contributed by atoms with Gasteiger partial charge >= 0.3 is 0 Å². The van der Waals surface area contributed by atoms with Gasteiger partial charge in [-0.2, -0.15) is 0 Å². The molecule has 0 aliphatic heterocycles. The fraction of sp³-hybridized carbons (Fsp3) is 1.00. The van der Waals surface area contributed by atoms with E-state index in [1.165, 1.54) is 25.7 Å². The first kappa shape index (κ1) is 5.76. The van der Waals surface area contributed by atoms with Crippen LogP contribution in [0.15, 0.2) is 0 Å². The first-order valence-electron chi connectivity index (χ1n) is 4.41. The molecule has 1 spiro atoms. The Balaban J connectivity index is 1.92. The lowest BCUT2D eigenvalue weighted by Crippen LogP contribution is -1.95. The molecule has 0 amide bonds. The van der Waals surface area contributed by atoms with Gasteiger partial charge in [0, 0.05) is 0 Å². The Labute approximate surface area is 57.6 Å². The smallest absolute Gasteiger partial charge is 0.0297 e. The van der Waals surface area contributed by atoms with E-state index < -0.39 is 0 Å². The molecule has 2 aliphatic rings. The summed E-state index contributed by atoms with van der Waals surface area (Å²) in [6.45, 7) is 0. The van der Waals surface area contributed by atoms with Gasteiger partial charge in [0.1, 0.15) is 0 Å². The largest absolute Gasteiger partial charge is 0.0533 e. The van der Waals surface area contributed by atoms with Crippen molar-refractivity contribution in [2.75, 3.05) is 0 Å². The summed E-state index contributed by atoms with van der Waals surface area (Å²) < 4.78 is 0. The van der Waals surface area contributed by atoms with Crippen LogP contribution in [0.5, 0.6) is 0 Å². The zero-order chi connectivity index (χ0) is 6.16. The molecule has 2 saturated carbocycles. The van der Waals surface area contributed by atoms with Gasteiger partial charge in [-0.1, -0.05) is 25.7 Å². The lowest BCUT2D eigenvalue weighted by molar-refractivity contribution is 0.439. The monoisotopic (exact) mass is 124 g/mol. The summed E-state index contributed by atoms with van der Waals surface area (Å²) in [4.78, 5) is 0. The minimum Gasteiger partial charge on any atom is -0.0533 e. The molecule has 0 aromatic rings. The van der Waals surface area contributed by atoms with Crippen LogP contribution in [0.25, 0.3) is 0 Å². The lowest BCUT2D eigenvalue weighted by atomic mass is 9.98. The van der Waals surface area contributed by atoms with Crippen LogP contribution in [0.1, 0.15) is 51.4 Å². The molecule has 0 unspecified atom stereocenters. The van der Waals surface area contributed by atoms with Crippen molar-refractivity contribution in [3.63, 3.8) is 0 Å². The first-order valence-corrected chi connectivity index (χ1v) is 4.41. The third-order valence-corrected chi connectivity index (χ3v) is 3.12. The molecule has 52 valence electrons. The standard InChI is InChI=1S/C9H16/c1-2-4-6-9(5-3-1)7-8-9/h1-8H2. The molecule has 0 aromatic heterocycles. The molecular formula is C9H16. The number of hydrogen-bond donors (Lipinski definition) is 0. The normalized spacial score (nSPS) is 32.0. The second kappa shape index (κ2) is 2.00. The van der Waals surface area contributed by atoms with Gasteiger partial charge < -0.3 is 0 Å². The molecule has 0 atom stereocenters. The summed E-state index contributed by atoms with van der Waals surface area (Å²) in [5.74, 6) is 0. The fourth-order valence-corrected chi connectivity index (χ4v) is 2.16. The van der Waals surface area contributed by atoms with Crippen LogP contribution in [0.2, 0.25) is 0 Å². The minimum absolute atomic E-state index is 0.913. The molecule has 0 radical (unpaired) electrons. The molecule has 9 heavy (non-hydrogen) atoms. The second-order valence-corrected chi connectivity index (χ2v) is 3.91. The summed E-state index contributed by atoms with van der Waals surface area (Å²) in [5.41, 5.74) is 0.913. The molecule has 0 aromatic carbocycles. The van der Waals surface area contributed by atoms with Crippen LogP contribution < -0.4 is 0 Å². The third-order valence-electron chi connectivity index (χ3n) is 3.12. The Morgan fingerprint density at radius 3 is 1.56 bits per heavy atom. The molecule has 2 rings (SSSR count). The van der Waals surface area contributed by atoms with Gasteiger partial charge in [-0.05, 0) is 31.1 Å². The maximum Gasteiger partial charge on any atom is -0.0297 e. The van der Waals surface area contributed by atoms with Gasteiger partial charge in [0.05, 0.1) is 0 Å². The number of rotatable bonds is 0. The van der Waals surface area contributed by atoms with Gasteiger partial charge in [0.2, 0.25) is 0 Å². The third kappa shape index (κ3) is 1.12. The summed E-state index contributed by atoms with van der Waals surface area (Å²) in [5, 5.41) is 0. The Bertz CT molecular complexity index is 90.6. The van der Waals surface area contributed by atoms with E-state index in [4.69, 9.17) is 0 Å². The van der Waals surface area contributed by atoms with Crippen LogP contribution in [0.3, 0.4) is 0 Å². The van der Waals surface area contributed by atoms with E-state index in [2.05, 4.69) is 0 Å². The van der Waals surface area contributed by atoms with Crippen LogP contribution in [0.4, 0.5) is 0 Å². The van der Waals surface area contributed by atoms with Gasteiger partial charge in [0.15, 0.2) is 0 Å². The van der Waals surface area contributed by atoms with Crippen molar-refractivity contribution in [3.8, 4) is 0 Å². The highest BCUT2D eigenvalue weighted by Crippen LogP contribution is 2.55. The maximum absolute atomic E-state index is 1.56. The highest BCUT2D eigenvalue weighted by molar-refractivity contribution is 4.93. The van der Waals surface area contributed by atoms with Crippen molar-refractivity contribution in [1.82, 2.24) is 0 Å². The van der Waals surface area contributed by atoms with Crippen molar-refractivity contribution in [3.05, 3.63) is 0 Å². The molecule has 0 saturated heterocycles. The van der Waals surface area contributed by atoms with Crippen LogP contribution in [-0.2, 0) is 0 Å². The number of hydrogen-bond acceptors (Lipinski definition) is 0. The van der Waals surface area contributed by atoms with E-state index in [0.29, 0.717) is 0 Å². The zero-order valence-electron chi connectivity index (χ0n) is 6.16. The van der Waals surface area contributed by atoms with E-state index in [9.17, 15) is 0 Å². The Morgan fingerprint density at radius 2 is 1.11 bits per heavy atom. The predicted molar refractivity (Wildman–Crippen MR) is 39.4 cm³/mol. The van der Waals surface area contributed by atoms with Crippen LogP contribution >= 0.6 is 0 Å². The quantitative estimate of drug-likeness (QED) is 0.465. The van der Waals surface area contributed by atoms with Crippen molar-refractivity contribution in [2.24, 2.45) is 5.41 Å². The Hall–Kier alpha value is 0. The summed E-state index contributed by atoms with van der Waals surface area (Å²) in [7, 11) is 0. The van der Waals surface area contributed by atoms with E-state index in [-0.39, 0.29) is 0 Å². The molecule has 2 fully saturated rings. The van der Waals surface area contributed by atoms with Gasteiger partial charge in [-0.3, -0.25) is 0 Å². The van der Waals surface area contributed by atoms with Gasteiger partial charge in [-0.15, -0.1) is 0 Å². The molecule has 0 heterocycles. The Kier molecular flexibility index (Phi) is 1.28. The van der Waals surface area contributed by atoms with Crippen LogP contribution in [-0.4, -0.2) is 0 Å². The molecule has 0 nitrogen and oxygen atoms in total. The SMILES string of the molecule is C1CCCC2(CC1)CC2. The minimum atomic E-state index is 0.913. The summed E-state index contributed by atoms with van der Waals surface area (Å²) in [6, 6.07) is 0. The molecule has 2 aliphatic carbocycles. The van der Waals surface area contributed by atoms with E-state index in [0.717, 1.165) is 5.41 Å². The molecule has 0 N–H and O–H groups in total. The van der Waals surface area contributed by atoms with Gasteiger partial charge in [-0.25, -0.2) is 0 Å². The van der Waals surface area contributed by atoms with E-state index >= 15 is 0 Å². The fourth-order valence-electron chi connectivity index (χ4n) is 2.16. The molecule has 0 heteroatoms. The molecule has 0 bridgehead atoms. The van der Waals surface area contributed by atoms with E-state index in [1.807, 2.05) is 0 Å². The van der Waals surface area contributed by atoms with Crippen LogP contribution in [0, 0.1) is 5.41 Å². The maximum atomic E-state index is 1.56. The predicted octanol–water partition coefficient (Wildman–Crippen LogP) is 3.12. The van der Waals surface area contributed by atoms with Crippen molar-refractivity contribution in [1.29, 1.82) is 0 Å². The average molecular weight is 124 g/mol. The van der Waals surface area contributed by atoms with Crippen molar-refractivity contribution >= 4 is 0 Å². The van der Waals surface area contributed by atoms with Crippen molar-refractivity contribution < 1.29 is 0 Å².